The minimum atomic E-state index is 0.329. The average molecular weight is 363 g/mol. The lowest BCUT2D eigenvalue weighted by molar-refractivity contribution is 0.116. The van der Waals surface area contributed by atoms with Gasteiger partial charge in [0, 0.05) is 6.61 Å². The van der Waals surface area contributed by atoms with E-state index in [0.29, 0.717) is 19.5 Å². The van der Waals surface area contributed by atoms with E-state index in [0.717, 1.165) is 36.7 Å². The molecule has 0 saturated carbocycles. The molecule has 0 spiro atoms. The average Bonchev–Trinajstić information content (AvgIpc) is 3.36. The molecule has 0 N–H and O–H groups in total. The number of epoxide rings is 1. The molecule has 26 heavy (non-hydrogen) atoms. The number of hydrogen-bond acceptors (Lipinski definition) is 4. The normalized spacial score (nSPS) is 17.6. The van der Waals surface area contributed by atoms with Crippen LogP contribution in [0, 0.1) is 0 Å². The first kappa shape index (κ1) is 19.5. The lowest BCUT2D eigenvalue weighted by Crippen LogP contribution is -1.96. The number of unbranched alkanes of at least 4 members (excludes halogenated alkanes) is 9. The maximum absolute atomic E-state index is 5.78. The van der Waals surface area contributed by atoms with Crippen molar-refractivity contribution in [1.82, 2.24) is 0 Å². The zero-order valence-corrected chi connectivity index (χ0v) is 16.0. The van der Waals surface area contributed by atoms with Crippen LogP contribution in [0.25, 0.3) is 0 Å². The van der Waals surface area contributed by atoms with Crippen LogP contribution in [0.4, 0.5) is 0 Å². The van der Waals surface area contributed by atoms with E-state index in [1.807, 2.05) is 18.2 Å². The minimum absolute atomic E-state index is 0.329. The van der Waals surface area contributed by atoms with Gasteiger partial charge in [0.2, 0.25) is 6.79 Å². The third-order valence-corrected chi connectivity index (χ3v) is 5.17. The lowest BCUT2D eigenvalue weighted by atomic mass is 10.1. The highest BCUT2D eigenvalue weighted by Crippen LogP contribution is 2.32. The van der Waals surface area contributed by atoms with Crippen LogP contribution in [0.15, 0.2) is 18.2 Å². The van der Waals surface area contributed by atoms with Crippen LogP contribution in [0.1, 0.15) is 76.2 Å². The van der Waals surface area contributed by atoms with Crippen molar-refractivity contribution in [2.45, 2.75) is 83.3 Å². The maximum atomic E-state index is 5.78. The van der Waals surface area contributed by atoms with Gasteiger partial charge >= 0.3 is 0 Å². The minimum Gasteiger partial charge on any atom is -0.454 e. The monoisotopic (exact) mass is 362 g/mol. The Morgan fingerprint density at radius 2 is 1.46 bits per heavy atom. The van der Waals surface area contributed by atoms with Crippen LogP contribution in [-0.2, 0) is 16.1 Å². The third-order valence-electron chi connectivity index (χ3n) is 5.17. The summed E-state index contributed by atoms with van der Waals surface area (Å²) in [6.07, 6.45) is 15.4. The summed E-state index contributed by atoms with van der Waals surface area (Å²) in [7, 11) is 0. The van der Waals surface area contributed by atoms with Crippen molar-refractivity contribution in [2.24, 2.45) is 0 Å². The van der Waals surface area contributed by atoms with Crippen molar-refractivity contribution in [3.8, 4) is 11.5 Å². The molecule has 2 aliphatic rings. The summed E-state index contributed by atoms with van der Waals surface area (Å²) in [4.78, 5) is 0. The first-order valence-corrected chi connectivity index (χ1v) is 10.5. The van der Waals surface area contributed by atoms with E-state index in [-0.39, 0.29) is 0 Å². The van der Waals surface area contributed by atoms with Crippen LogP contribution in [0.5, 0.6) is 11.5 Å². The van der Waals surface area contributed by atoms with Crippen LogP contribution < -0.4 is 9.47 Å². The number of fused-ring (bicyclic) bond motifs is 1. The zero-order valence-electron chi connectivity index (χ0n) is 16.0. The smallest absolute Gasteiger partial charge is 0.231 e. The number of hydrogen-bond donors (Lipinski definition) is 0. The standard InChI is InChI=1S/C22H34O4/c1(3-5-7-9-11-20-17-24-20)2-4-6-8-10-14-23-16-19-12-13-21-22(15-19)26-18-25-21/h12-13,15,20H,1-11,14,16-18H2. The Labute approximate surface area is 158 Å². The van der Waals surface area contributed by atoms with Gasteiger partial charge in [-0.15, -0.1) is 0 Å². The summed E-state index contributed by atoms with van der Waals surface area (Å²) in [5.74, 6) is 1.67. The van der Waals surface area contributed by atoms with Crippen LogP contribution in [-0.4, -0.2) is 26.1 Å². The third kappa shape index (κ3) is 7.55. The molecule has 4 nitrogen and oxygen atoms in total. The zero-order chi connectivity index (χ0) is 17.9. The fourth-order valence-corrected chi connectivity index (χ4v) is 3.45. The predicted molar refractivity (Wildman–Crippen MR) is 103 cm³/mol. The first-order chi connectivity index (χ1) is 12.9. The van der Waals surface area contributed by atoms with Crippen molar-refractivity contribution >= 4 is 0 Å². The Kier molecular flexibility index (Phi) is 8.59. The molecule has 0 radical (unpaired) electrons. The first-order valence-electron chi connectivity index (χ1n) is 10.5. The quantitative estimate of drug-likeness (QED) is 0.300. The SMILES string of the molecule is c1cc2c(cc1COCCCCCCCCCCCCC1CO1)OCO2. The van der Waals surface area contributed by atoms with E-state index in [1.54, 1.807) is 0 Å². The van der Waals surface area contributed by atoms with Crippen molar-refractivity contribution in [3.05, 3.63) is 23.8 Å². The van der Waals surface area contributed by atoms with Gasteiger partial charge in [0.05, 0.1) is 19.3 Å². The van der Waals surface area contributed by atoms with Crippen molar-refractivity contribution in [2.75, 3.05) is 20.0 Å². The highest BCUT2D eigenvalue weighted by Gasteiger charge is 2.20. The molecule has 0 aromatic heterocycles. The van der Waals surface area contributed by atoms with Gasteiger partial charge in [-0.05, 0) is 30.5 Å². The molecule has 4 heteroatoms. The van der Waals surface area contributed by atoms with Gasteiger partial charge < -0.3 is 18.9 Å². The Morgan fingerprint density at radius 1 is 0.808 bits per heavy atom. The van der Waals surface area contributed by atoms with Gasteiger partial charge in [0.15, 0.2) is 11.5 Å². The van der Waals surface area contributed by atoms with Gasteiger partial charge in [-0.3, -0.25) is 0 Å². The van der Waals surface area contributed by atoms with Crippen LogP contribution in [0.3, 0.4) is 0 Å². The number of ether oxygens (including phenoxy) is 4. The highest BCUT2D eigenvalue weighted by atomic mass is 16.7. The second kappa shape index (κ2) is 11.5. The van der Waals surface area contributed by atoms with E-state index in [1.165, 1.54) is 64.2 Å². The molecule has 0 aliphatic carbocycles. The van der Waals surface area contributed by atoms with E-state index >= 15 is 0 Å². The van der Waals surface area contributed by atoms with E-state index in [2.05, 4.69) is 0 Å². The highest BCUT2D eigenvalue weighted by molar-refractivity contribution is 5.44. The molecule has 146 valence electrons. The van der Waals surface area contributed by atoms with Crippen LogP contribution in [0.2, 0.25) is 0 Å². The fraction of sp³-hybridized carbons (Fsp3) is 0.727. The van der Waals surface area contributed by atoms with Gasteiger partial charge in [-0.1, -0.05) is 63.9 Å². The number of rotatable bonds is 15. The second-order valence-corrected chi connectivity index (χ2v) is 7.52. The van der Waals surface area contributed by atoms with E-state index < -0.39 is 0 Å². The predicted octanol–water partition coefficient (Wildman–Crippen LogP) is 5.62. The van der Waals surface area contributed by atoms with Crippen molar-refractivity contribution in [1.29, 1.82) is 0 Å². The second-order valence-electron chi connectivity index (χ2n) is 7.52. The molecular weight excluding hydrogens is 328 g/mol. The molecule has 1 aromatic rings. The summed E-state index contributed by atoms with van der Waals surface area (Å²) in [6, 6.07) is 6.03. The Hall–Kier alpha value is -1.26. The molecule has 1 saturated heterocycles. The van der Waals surface area contributed by atoms with Crippen molar-refractivity contribution < 1.29 is 18.9 Å². The van der Waals surface area contributed by atoms with Gasteiger partial charge in [-0.2, -0.15) is 0 Å². The molecule has 1 fully saturated rings. The summed E-state index contributed by atoms with van der Waals surface area (Å²) in [5.41, 5.74) is 1.15. The van der Waals surface area contributed by atoms with Crippen molar-refractivity contribution in [3.63, 3.8) is 0 Å². The Bertz CT molecular complexity index is 513. The topological polar surface area (TPSA) is 40.2 Å². The summed E-state index contributed by atoms with van der Waals surface area (Å²) in [6.45, 7) is 2.85. The number of benzene rings is 1. The maximum Gasteiger partial charge on any atom is 0.231 e. The molecule has 0 bridgehead atoms. The molecule has 1 unspecified atom stereocenters. The van der Waals surface area contributed by atoms with Crippen LogP contribution >= 0.6 is 0 Å². The van der Waals surface area contributed by atoms with Gasteiger partial charge in [0.25, 0.3) is 0 Å². The molecule has 1 aromatic carbocycles. The summed E-state index contributed by atoms with van der Waals surface area (Å²) >= 11 is 0. The van der Waals surface area contributed by atoms with E-state index in [9.17, 15) is 0 Å². The molecule has 2 aliphatic heterocycles. The Balaban J connectivity index is 1.06. The van der Waals surface area contributed by atoms with E-state index in [4.69, 9.17) is 18.9 Å². The summed E-state index contributed by atoms with van der Waals surface area (Å²) in [5, 5.41) is 0. The summed E-state index contributed by atoms with van der Waals surface area (Å²) < 4.78 is 21.7. The van der Waals surface area contributed by atoms with Gasteiger partial charge in [0.1, 0.15) is 0 Å². The fourth-order valence-electron chi connectivity index (χ4n) is 3.45. The molecule has 3 rings (SSSR count). The molecule has 1 atom stereocenters. The Morgan fingerprint density at radius 3 is 2.19 bits per heavy atom. The largest absolute Gasteiger partial charge is 0.454 e. The molecular formula is C22H34O4. The van der Waals surface area contributed by atoms with Gasteiger partial charge in [-0.25, -0.2) is 0 Å². The lowest BCUT2D eigenvalue weighted by Gasteiger charge is -2.06. The molecule has 2 heterocycles. The molecule has 0 amide bonds.